The van der Waals surface area contributed by atoms with Gasteiger partial charge in [-0.05, 0) is 33.7 Å². The fourth-order valence-corrected chi connectivity index (χ4v) is 2.40. The molecule has 3 aromatic carbocycles. The van der Waals surface area contributed by atoms with Gasteiger partial charge >= 0.3 is 23.1 Å². The Hall–Kier alpha value is -2.11. The van der Waals surface area contributed by atoms with Crippen molar-refractivity contribution in [3.8, 4) is 0 Å². The van der Waals surface area contributed by atoms with Crippen LogP contribution in [0.15, 0.2) is 48.5 Å². The molecule has 0 atom stereocenters. The maximum Gasteiger partial charge on any atom is 2.00 e. The molecule has 0 spiro atoms. The van der Waals surface area contributed by atoms with Gasteiger partial charge < -0.3 is 19.8 Å². The molecule has 0 aromatic heterocycles. The average molecular weight is 289 g/mol. The van der Waals surface area contributed by atoms with E-state index >= 15 is 0 Å². The van der Waals surface area contributed by atoms with E-state index in [1.54, 1.807) is 12.1 Å². The fraction of sp³-hybridized carbons (Fsp3) is 0. The zero-order valence-corrected chi connectivity index (χ0v) is 12.4. The Bertz CT molecular complexity index is 871. The number of carboxylic acids is 2. The van der Waals surface area contributed by atoms with Gasteiger partial charge in [0.15, 0.2) is 0 Å². The van der Waals surface area contributed by atoms with Crippen molar-refractivity contribution >= 4 is 56.5 Å². The van der Waals surface area contributed by atoms with Gasteiger partial charge in [0.05, 0.1) is 11.9 Å². The normalized spacial score (nSPS) is 10.3. The number of carboxylic acid groups (broad SMARTS) is 2. The second-order valence-electron chi connectivity index (χ2n) is 4.48. The Morgan fingerprint density at radius 2 is 1.38 bits per heavy atom. The molecule has 0 aliphatic carbocycles. The van der Waals surface area contributed by atoms with Gasteiger partial charge in [-0.3, -0.25) is 0 Å². The summed E-state index contributed by atoms with van der Waals surface area (Å²) in [5, 5.41) is 25.1. The Kier molecular flexibility index (Phi) is 4.15. The van der Waals surface area contributed by atoms with E-state index in [0.717, 1.165) is 10.8 Å². The zero-order chi connectivity index (χ0) is 14.3. The van der Waals surface area contributed by atoms with Gasteiger partial charge in [-0.25, -0.2) is 0 Å². The smallest absolute Gasteiger partial charge is 0.545 e. The molecule has 3 rings (SSSR count). The molecule has 0 aliphatic rings. The van der Waals surface area contributed by atoms with Crippen LogP contribution in [0.25, 0.3) is 21.5 Å². The molecule has 0 unspecified atom stereocenters. The van der Waals surface area contributed by atoms with Crippen LogP contribution >= 0.6 is 0 Å². The number of carbonyl (C=O) groups excluding carboxylic acids is 2. The summed E-state index contributed by atoms with van der Waals surface area (Å²) in [7, 11) is 0. The van der Waals surface area contributed by atoms with Crippen LogP contribution in [0.2, 0.25) is 0 Å². The molecule has 0 saturated carbocycles. The van der Waals surface area contributed by atoms with Gasteiger partial charge in [0.2, 0.25) is 0 Å². The first-order chi connectivity index (χ1) is 9.58. The molecule has 0 fully saturated rings. The summed E-state index contributed by atoms with van der Waals surface area (Å²) in [6.07, 6.45) is 0. The molecule has 5 heteroatoms. The molecule has 4 nitrogen and oxygen atoms in total. The van der Waals surface area contributed by atoms with Gasteiger partial charge in [-0.1, -0.05) is 36.4 Å². The summed E-state index contributed by atoms with van der Waals surface area (Å²) in [5.41, 5.74) is -0.707. The number of fused-ring (bicyclic) bond motifs is 2. The van der Waals surface area contributed by atoms with Crippen molar-refractivity contribution in [1.82, 2.24) is 0 Å². The average Bonchev–Trinajstić information content (AvgIpc) is 2.43. The summed E-state index contributed by atoms with van der Waals surface area (Å²) < 4.78 is 0. The summed E-state index contributed by atoms with van der Waals surface area (Å²) in [5.74, 6) is -3.05. The number of rotatable bonds is 2. The van der Waals surface area contributed by atoms with Gasteiger partial charge in [-0.2, -0.15) is 0 Å². The van der Waals surface area contributed by atoms with Crippen LogP contribution < -0.4 is 10.2 Å². The van der Waals surface area contributed by atoms with E-state index in [9.17, 15) is 19.8 Å². The summed E-state index contributed by atoms with van der Waals surface area (Å²) in [4.78, 5) is 22.3. The van der Waals surface area contributed by atoms with E-state index in [1.807, 2.05) is 30.3 Å². The molecular weight excluding hydrogens is 280 g/mol. The van der Waals surface area contributed by atoms with Crippen LogP contribution in [0.3, 0.4) is 0 Å². The molecule has 0 saturated heterocycles. The minimum atomic E-state index is -1.53. The summed E-state index contributed by atoms with van der Waals surface area (Å²) in [6.45, 7) is 0. The van der Waals surface area contributed by atoms with E-state index in [-0.39, 0.29) is 34.2 Å². The van der Waals surface area contributed by atoms with Crippen molar-refractivity contribution in [2.24, 2.45) is 0 Å². The SMILES string of the molecule is O=C([O-])c1ccc2cc3ccccc3cc2c1C(=O)[O-].[Mg+2]. The third kappa shape index (κ3) is 2.57. The summed E-state index contributed by atoms with van der Waals surface area (Å²) >= 11 is 0. The molecule has 3 aromatic rings. The van der Waals surface area contributed by atoms with E-state index in [2.05, 4.69) is 0 Å². The van der Waals surface area contributed by atoms with Crippen LogP contribution in [0, 0.1) is 0 Å². The largest absolute Gasteiger partial charge is 2.00 e. The van der Waals surface area contributed by atoms with Crippen LogP contribution in [0.1, 0.15) is 20.7 Å². The van der Waals surface area contributed by atoms with Crippen molar-refractivity contribution in [2.75, 3.05) is 0 Å². The Morgan fingerprint density at radius 1 is 0.762 bits per heavy atom. The van der Waals surface area contributed by atoms with Crippen LogP contribution in [-0.4, -0.2) is 35.0 Å². The number of hydrogen-bond acceptors (Lipinski definition) is 4. The number of benzene rings is 3. The predicted molar refractivity (Wildman–Crippen MR) is 75.9 cm³/mol. The van der Waals surface area contributed by atoms with Gasteiger partial charge in [0, 0.05) is 11.1 Å². The first-order valence-corrected chi connectivity index (χ1v) is 5.96. The predicted octanol–water partition coefficient (Wildman–Crippen LogP) is 0.339. The van der Waals surface area contributed by atoms with Gasteiger partial charge in [0.25, 0.3) is 0 Å². The third-order valence-electron chi connectivity index (χ3n) is 3.31. The molecule has 0 amide bonds. The van der Waals surface area contributed by atoms with Crippen molar-refractivity contribution in [1.29, 1.82) is 0 Å². The maximum atomic E-state index is 11.3. The number of carbonyl (C=O) groups is 2. The van der Waals surface area contributed by atoms with Crippen molar-refractivity contribution in [3.05, 3.63) is 59.7 Å². The first kappa shape index (κ1) is 15.3. The molecule has 0 radical (unpaired) electrons. The van der Waals surface area contributed by atoms with Gasteiger partial charge in [-0.15, -0.1) is 0 Å². The quantitative estimate of drug-likeness (QED) is 0.503. The molecule has 21 heavy (non-hydrogen) atoms. The molecule has 0 aliphatic heterocycles. The molecule has 0 bridgehead atoms. The van der Waals surface area contributed by atoms with Crippen LogP contribution in [0.5, 0.6) is 0 Å². The second kappa shape index (κ2) is 5.71. The van der Waals surface area contributed by atoms with E-state index in [1.165, 1.54) is 6.07 Å². The standard InChI is InChI=1S/C16H10O4.Mg/c17-15(18)12-6-5-11-7-9-3-1-2-4-10(9)8-13(11)14(12)16(19)20;/h1-8H,(H,17,18)(H,19,20);/q;+2/p-2. The van der Waals surface area contributed by atoms with E-state index in [4.69, 9.17) is 0 Å². The van der Waals surface area contributed by atoms with Crippen LogP contribution in [-0.2, 0) is 0 Å². The molecule has 0 heterocycles. The van der Waals surface area contributed by atoms with Gasteiger partial charge in [0.1, 0.15) is 0 Å². The monoisotopic (exact) mass is 288 g/mol. The summed E-state index contributed by atoms with van der Waals surface area (Å²) in [6, 6.07) is 13.7. The Morgan fingerprint density at radius 3 is 1.95 bits per heavy atom. The minimum Gasteiger partial charge on any atom is -0.545 e. The number of aromatic carboxylic acids is 2. The minimum absolute atomic E-state index is 0. The van der Waals surface area contributed by atoms with Crippen LogP contribution in [0.4, 0.5) is 0 Å². The Balaban J connectivity index is 0.00000161. The van der Waals surface area contributed by atoms with E-state index < -0.39 is 11.9 Å². The van der Waals surface area contributed by atoms with Crippen molar-refractivity contribution in [2.45, 2.75) is 0 Å². The molecular formula is C16H8MgO4. The first-order valence-electron chi connectivity index (χ1n) is 5.96. The third-order valence-corrected chi connectivity index (χ3v) is 3.31. The van der Waals surface area contributed by atoms with Crippen molar-refractivity contribution < 1.29 is 19.8 Å². The van der Waals surface area contributed by atoms with E-state index in [0.29, 0.717) is 10.8 Å². The topological polar surface area (TPSA) is 80.3 Å². The fourth-order valence-electron chi connectivity index (χ4n) is 2.40. The van der Waals surface area contributed by atoms with Crippen molar-refractivity contribution in [3.63, 3.8) is 0 Å². The second-order valence-corrected chi connectivity index (χ2v) is 4.48. The Labute approximate surface area is 136 Å². The molecule has 98 valence electrons. The number of hydrogen-bond donors (Lipinski definition) is 0. The zero-order valence-electron chi connectivity index (χ0n) is 11.0. The maximum absolute atomic E-state index is 11.3. The molecule has 0 N–H and O–H groups in total.